The van der Waals surface area contributed by atoms with Crippen molar-refractivity contribution in [1.82, 2.24) is 14.6 Å². The van der Waals surface area contributed by atoms with Gasteiger partial charge >= 0.3 is 0 Å². The molecule has 1 aliphatic heterocycles. The summed E-state index contributed by atoms with van der Waals surface area (Å²) in [7, 11) is -1.56. The second-order valence-corrected chi connectivity index (χ2v) is 6.28. The molecule has 0 radical (unpaired) electrons. The van der Waals surface area contributed by atoms with Gasteiger partial charge in [-0.1, -0.05) is 0 Å². The second-order valence-electron chi connectivity index (χ2n) is 4.54. The first-order chi connectivity index (χ1) is 8.50. The van der Waals surface area contributed by atoms with Crippen LogP contribution in [0.15, 0.2) is 23.4 Å². The molecule has 2 heterocycles. The summed E-state index contributed by atoms with van der Waals surface area (Å²) in [4.78, 5) is 6.01. The minimum Gasteiger partial charge on any atom is -0.398 e. The SMILES string of the molecule is CN1CCCC1CNS(=O)(=O)c1cnccc1N. The molecule has 1 fully saturated rings. The van der Waals surface area contributed by atoms with Crippen LogP contribution in [0.5, 0.6) is 0 Å². The number of likely N-dealkylation sites (tertiary alicyclic amines) is 1. The zero-order valence-corrected chi connectivity index (χ0v) is 11.2. The number of pyridine rings is 1. The van der Waals surface area contributed by atoms with Gasteiger partial charge in [-0.15, -0.1) is 0 Å². The van der Waals surface area contributed by atoms with E-state index in [0.29, 0.717) is 6.54 Å². The lowest BCUT2D eigenvalue weighted by Gasteiger charge is -2.19. The molecule has 1 aromatic heterocycles. The van der Waals surface area contributed by atoms with Crippen LogP contribution in [0.4, 0.5) is 5.69 Å². The average Bonchev–Trinajstić information content (AvgIpc) is 2.73. The predicted octanol–water partition coefficient (Wildman–Crippen LogP) is 0.0363. The molecule has 1 atom stereocenters. The van der Waals surface area contributed by atoms with E-state index in [9.17, 15) is 8.42 Å². The average molecular weight is 270 g/mol. The summed E-state index contributed by atoms with van der Waals surface area (Å²) >= 11 is 0. The number of nitrogen functional groups attached to an aromatic ring is 1. The van der Waals surface area contributed by atoms with Crippen LogP contribution in [-0.4, -0.2) is 44.5 Å². The summed E-state index contributed by atoms with van der Waals surface area (Å²) in [5.74, 6) is 0. The number of likely N-dealkylation sites (N-methyl/N-ethyl adjacent to an activating group) is 1. The predicted molar refractivity (Wildman–Crippen MR) is 69.5 cm³/mol. The third kappa shape index (κ3) is 2.80. The Morgan fingerprint density at radius 1 is 1.61 bits per heavy atom. The van der Waals surface area contributed by atoms with E-state index in [4.69, 9.17) is 5.73 Å². The highest BCUT2D eigenvalue weighted by atomic mass is 32.2. The molecule has 18 heavy (non-hydrogen) atoms. The summed E-state index contributed by atoms with van der Waals surface area (Å²) in [5.41, 5.74) is 5.87. The first-order valence-electron chi connectivity index (χ1n) is 5.90. The Balaban J connectivity index is 2.06. The van der Waals surface area contributed by atoms with E-state index in [1.807, 2.05) is 7.05 Å². The highest BCUT2D eigenvalue weighted by molar-refractivity contribution is 7.89. The van der Waals surface area contributed by atoms with Crippen LogP contribution in [-0.2, 0) is 10.0 Å². The van der Waals surface area contributed by atoms with Gasteiger partial charge in [-0.2, -0.15) is 0 Å². The van der Waals surface area contributed by atoms with Crippen LogP contribution in [0.25, 0.3) is 0 Å². The molecule has 6 nitrogen and oxygen atoms in total. The standard InChI is InChI=1S/C11H18N4O2S/c1-15-6-2-3-9(15)7-14-18(16,17)11-8-13-5-4-10(11)12/h4-5,8-9,14H,2-3,6-7H2,1H3,(H2,12,13). The molecule has 1 unspecified atom stereocenters. The van der Waals surface area contributed by atoms with E-state index in [-0.39, 0.29) is 16.6 Å². The fraction of sp³-hybridized carbons (Fsp3) is 0.545. The summed E-state index contributed by atoms with van der Waals surface area (Å²) in [6.45, 7) is 1.43. The van der Waals surface area contributed by atoms with Gasteiger partial charge in [-0.05, 0) is 32.5 Å². The van der Waals surface area contributed by atoms with Gasteiger partial charge in [-0.25, -0.2) is 13.1 Å². The van der Waals surface area contributed by atoms with Crippen molar-refractivity contribution in [3.05, 3.63) is 18.5 Å². The van der Waals surface area contributed by atoms with Crippen molar-refractivity contribution in [2.75, 3.05) is 25.9 Å². The lowest BCUT2D eigenvalue weighted by atomic mass is 10.2. The Labute approximate surface area is 107 Å². The number of nitrogens with one attached hydrogen (secondary N) is 1. The molecular weight excluding hydrogens is 252 g/mol. The van der Waals surface area contributed by atoms with Crippen LogP contribution in [0.2, 0.25) is 0 Å². The minimum absolute atomic E-state index is 0.0469. The van der Waals surface area contributed by atoms with Crippen molar-refractivity contribution >= 4 is 15.7 Å². The number of nitrogens with zero attached hydrogens (tertiary/aromatic N) is 2. The van der Waals surface area contributed by atoms with E-state index >= 15 is 0 Å². The van der Waals surface area contributed by atoms with Crippen LogP contribution < -0.4 is 10.5 Å². The van der Waals surface area contributed by atoms with Gasteiger partial charge in [0, 0.05) is 25.0 Å². The molecule has 1 saturated heterocycles. The molecule has 0 saturated carbocycles. The van der Waals surface area contributed by atoms with Gasteiger partial charge in [0.05, 0.1) is 5.69 Å². The largest absolute Gasteiger partial charge is 0.398 e. The molecule has 0 bridgehead atoms. The third-order valence-corrected chi connectivity index (χ3v) is 4.75. The summed E-state index contributed by atoms with van der Waals surface area (Å²) in [5, 5.41) is 0. The molecule has 100 valence electrons. The second kappa shape index (κ2) is 5.21. The number of hydrogen-bond acceptors (Lipinski definition) is 5. The third-order valence-electron chi connectivity index (χ3n) is 3.29. The number of hydrogen-bond donors (Lipinski definition) is 2. The molecule has 0 aliphatic carbocycles. The van der Waals surface area contributed by atoms with Crippen molar-refractivity contribution in [3.63, 3.8) is 0 Å². The molecule has 1 aromatic rings. The Morgan fingerprint density at radius 2 is 2.39 bits per heavy atom. The molecule has 2 rings (SSSR count). The van der Waals surface area contributed by atoms with E-state index in [0.717, 1.165) is 19.4 Å². The maximum atomic E-state index is 12.1. The Hall–Kier alpha value is -1.18. The van der Waals surface area contributed by atoms with Crippen molar-refractivity contribution in [1.29, 1.82) is 0 Å². The maximum absolute atomic E-state index is 12.1. The molecular formula is C11H18N4O2S. The Bertz CT molecular complexity index is 518. The first-order valence-corrected chi connectivity index (χ1v) is 7.38. The van der Waals surface area contributed by atoms with Gasteiger partial charge in [-0.3, -0.25) is 4.98 Å². The van der Waals surface area contributed by atoms with Crippen molar-refractivity contribution in [2.45, 2.75) is 23.8 Å². The lowest BCUT2D eigenvalue weighted by molar-refractivity contribution is 0.311. The van der Waals surface area contributed by atoms with Crippen molar-refractivity contribution in [3.8, 4) is 0 Å². The summed E-state index contributed by atoms with van der Waals surface area (Å²) in [6, 6.07) is 1.74. The molecule has 3 N–H and O–H groups in total. The monoisotopic (exact) mass is 270 g/mol. The summed E-state index contributed by atoms with van der Waals surface area (Å²) in [6.07, 6.45) is 4.87. The van der Waals surface area contributed by atoms with Gasteiger partial charge in [0.2, 0.25) is 10.0 Å². The fourth-order valence-corrected chi connectivity index (χ4v) is 3.28. The van der Waals surface area contributed by atoms with E-state index in [2.05, 4.69) is 14.6 Å². The van der Waals surface area contributed by atoms with Crippen LogP contribution in [0.3, 0.4) is 0 Å². The van der Waals surface area contributed by atoms with Gasteiger partial charge in [0.15, 0.2) is 0 Å². The van der Waals surface area contributed by atoms with E-state index < -0.39 is 10.0 Å². The highest BCUT2D eigenvalue weighted by Crippen LogP contribution is 2.17. The Kier molecular flexibility index (Phi) is 3.84. The summed E-state index contributed by atoms with van der Waals surface area (Å²) < 4.78 is 26.7. The number of sulfonamides is 1. The van der Waals surface area contributed by atoms with Gasteiger partial charge in [0.25, 0.3) is 0 Å². The zero-order valence-electron chi connectivity index (χ0n) is 10.3. The molecule has 0 aromatic carbocycles. The van der Waals surface area contributed by atoms with E-state index in [1.54, 1.807) is 0 Å². The highest BCUT2D eigenvalue weighted by Gasteiger charge is 2.24. The van der Waals surface area contributed by atoms with Crippen LogP contribution in [0, 0.1) is 0 Å². The number of aromatic nitrogens is 1. The smallest absolute Gasteiger partial charge is 0.244 e. The topological polar surface area (TPSA) is 88.3 Å². The maximum Gasteiger partial charge on any atom is 0.244 e. The normalized spacial score (nSPS) is 21.3. The van der Waals surface area contributed by atoms with Gasteiger partial charge < -0.3 is 10.6 Å². The number of rotatable bonds is 4. The van der Waals surface area contributed by atoms with Crippen LogP contribution in [0.1, 0.15) is 12.8 Å². The Morgan fingerprint density at radius 3 is 3.00 bits per heavy atom. The van der Waals surface area contributed by atoms with Gasteiger partial charge in [0.1, 0.15) is 4.90 Å². The van der Waals surface area contributed by atoms with Crippen molar-refractivity contribution < 1.29 is 8.42 Å². The van der Waals surface area contributed by atoms with E-state index in [1.165, 1.54) is 18.5 Å². The molecule has 0 amide bonds. The minimum atomic E-state index is -3.57. The number of anilines is 1. The zero-order chi connectivity index (χ0) is 13.2. The molecule has 0 spiro atoms. The molecule has 7 heteroatoms. The lowest BCUT2D eigenvalue weighted by Crippen LogP contribution is -2.38. The molecule has 1 aliphatic rings. The van der Waals surface area contributed by atoms with Crippen LogP contribution >= 0.6 is 0 Å². The number of nitrogens with two attached hydrogens (primary N) is 1. The first kappa shape index (κ1) is 13.3. The fourth-order valence-electron chi connectivity index (χ4n) is 2.14. The van der Waals surface area contributed by atoms with Crippen molar-refractivity contribution in [2.24, 2.45) is 0 Å². The quantitative estimate of drug-likeness (QED) is 0.806.